The fourth-order valence-corrected chi connectivity index (χ4v) is 4.94. The maximum absolute atomic E-state index is 12.9. The molecule has 34 heavy (non-hydrogen) atoms. The number of hydrogen-bond acceptors (Lipinski definition) is 6. The summed E-state index contributed by atoms with van der Waals surface area (Å²) in [5, 5.41) is 16.1. The van der Waals surface area contributed by atoms with E-state index >= 15 is 0 Å². The summed E-state index contributed by atoms with van der Waals surface area (Å²) in [5.41, 5.74) is 4.35. The number of nitrogens with zero attached hydrogens (tertiary/aromatic N) is 5. The lowest BCUT2D eigenvalue weighted by Gasteiger charge is -2.20. The first kappa shape index (κ1) is 22.1. The third-order valence-electron chi connectivity index (χ3n) is 5.51. The van der Waals surface area contributed by atoms with Crippen LogP contribution in [0.15, 0.2) is 64.5 Å². The molecule has 0 unspecified atom stereocenters. The van der Waals surface area contributed by atoms with Crippen LogP contribution in [0.4, 0.5) is 0 Å². The molecular weight excluding hydrogens is 472 g/mol. The van der Waals surface area contributed by atoms with E-state index in [-0.39, 0.29) is 11.4 Å². The van der Waals surface area contributed by atoms with Crippen molar-refractivity contribution in [3.05, 3.63) is 81.9 Å². The van der Waals surface area contributed by atoms with Gasteiger partial charge in [-0.3, -0.25) is 15.2 Å². The van der Waals surface area contributed by atoms with Crippen LogP contribution in [-0.2, 0) is 4.79 Å². The van der Waals surface area contributed by atoms with Crippen LogP contribution in [0.5, 0.6) is 5.75 Å². The summed E-state index contributed by atoms with van der Waals surface area (Å²) < 4.78 is 7.53. The third-order valence-corrected chi connectivity index (χ3v) is 6.71. The van der Waals surface area contributed by atoms with Gasteiger partial charge in [-0.1, -0.05) is 11.6 Å². The lowest BCUT2D eigenvalue weighted by atomic mass is 10.1. The van der Waals surface area contributed by atoms with Crippen molar-refractivity contribution in [3.8, 4) is 11.4 Å². The molecule has 8 nitrogen and oxygen atoms in total. The van der Waals surface area contributed by atoms with Crippen LogP contribution in [0.1, 0.15) is 22.5 Å². The molecule has 2 aliphatic rings. The van der Waals surface area contributed by atoms with Gasteiger partial charge in [0.25, 0.3) is 5.91 Å². The number of benzene rings is 1. The number of carbonyl (C=O) groups excluding carboxylic acids is 1. The number of methoxy groups -OCH3 is 1. The number of carbonyl (C=O) groups is 1. The largest absolute Gasteiger partial charge is 0.495 e. The Hall–Kier alpha value is -3.69. The van der Waals surface area contributed by atoms with Gasteiger partial charge in [0.1, 0.15) is 10.8 Å². The summed E-state index contributed by atoms with van der Waals surface area (Å²) in [7, 11) is 1.61. The number of rotatable bonds is 4. The van der Waals surface area contributed by atoms with Crippen LogP contribution in [0, 0.1) is 19.3 Å². The fourth-order valence-electron chi connectivity index (χ4n) is 3.90. The number of hydrazone groups is 1. The first-order valence-electron chi connectivity index (χ1n) is 10.3. The molecule has 0 aliphatic carbocycles. The SMILES string of the molecule is COc1ccc(Cl)cc1-n1c(C)cc(/C=C2\C(=N)N3N=C(c4cccnc4)SC3=NC2=O)c1C. The molecule has 2 aliphatic heterocycles. The van der Waals surface area contributed by atoms with Crippen molar-refractivity contribution in [1.29, 1.82) is 5.41 Å². The average molecular weight is 491 g/mol. The van der Waals surface area contributed by atoms with E-state index in [1.165, 1.54) is 16.8 Å². The number of aromatic nitrogens is 2. The average Bonchev–Trinajstić information content (AvgIpc) is 3.37. The Kier molecular flexibility index (Phi) is 5.59. The molecule has 0 radical (unpaired) electrons. The number of amidine groups is 2. The monoisotopic (exact) mass is 490 g/mol. The Balaban J connectivity index is 1.54. The standard InChI is InChI=1S/C24H19ClN6O2S/c1-13-9-16(14(2)30(13)19-11-17(25)6-7-20(19)33-3)10-18-21(26)31-24(28-22(18)32)34-23(29-31)15-5-4-8-27-12-15/h4-12,26H,1-3H3/b18-10+,26-21?. The zero-order chi connectivity index (χ0) is 24.0. The minimum atomic E-state index is -0.475. The van der Waals surface area contributed by atoms with E-state index in [0.29, 0.717) is 21.0 Å². The van der Waals surface area contributed by atoms with Gasteiger partial charge in [-0.2, -0.15) is 15.1 Å². The molecule has 1 amide bonds. The molecular formula is C24H19ClN6O2S. The smallest absolute Gasteiger partial charge is 0.283 e. The van der Waals surface area contributed by atoms with E-state index in [1.54, 1.807) is 31.6 Å². The van der Waals surface area contributed by atoms with Crippen LogP contribution in [0.3, 0.4) is 0 Å². The van der Waals surface area contributed by atoms with Gasteiger partial charge < -0.3 is 9.30 Å². The number of ether oxygens (including phenoxy) is 1. The van der Waals surface area contributed by atoms with Crippen LogP contribution in [-0.4, -0.2) is 43.6 Å². The van der Waals surface area contributed by atoms with E-state index in [2.05, 4.69) is 15.1 Å². The summed E-state index contributed by atoms with van der Waals surface area (Å²) in [6.45, 7) is 3.90. The second-order valence-corrected chi connectivity index (χ2v) is 9.04. The number of hydrogen-bond donors (Lipinski definition) is 1. The van der Waals surface area contributed by atoms with Gasteiger partial charge in [0.05, 0.1) is 18.4 Å². The van der Waals surface area contributed by atoms with Crippen molar-refractivity contribution in [2.24, 2.45) is 10.1 Å². The highest BCUT2D eigenvalue weighted by atomic mass is 35.5. The lowest BCUT2D eigenvalue weighted by molar-refractivity contribution is -0.114. The van der Waals surface area contributed by atoms with Crippen LogP contribution >= 0.6 is 23.4 Å². The molecule has 2 aromatic heterocycles. The molecule has 3 aromatic rings. The molecule has 1 aromatic carbocycles. The van der Waals surface area contributed by atoms with Gasteiger partial charge in [0, 0.05) is 34.4 Å². The van der Waals surface area contributed by atoms with Crippen molar-refractivity contribution in [1.82, 2.24) is 14.6 Å². The van der Waals surface area contributed by atoms with E-state index in [1.807, 2.05) is 48.7 Å². The second kappa shape index (κ2) is 8.58. The molecule has 0 saturated heterocycles. The van der Waals surface area contributed by atoms with E-state index in [9.17, 15) is 4.79 Å². The minimum absolute atomic E-state index is 0.0217. The first-order valence-corrected chi connectivity index (χ1v) is 11.5. The van der Waals surface area contributed by atoms with Crippen molar-refractivity contribution in [2.75, 3.05) is 7.11 Å². The molecule has 0 spiro atoms. The van der Waals surface area contributed by atoms with Gasteiger partial charge in [0.2, 0.25) is 5.17 Å². The number of fused-ring (bicyclic) bond motifs is 1. The molecule has 0 saturated carbocycles. The first-order chi connectivity index (χ1) is 16.4. The highest BCUT2D eigenvalue weighted by molar-refractivity contribution is 8.27. The number of pyridine rings is 1. The summed E-state index contributed by atoms with van der Waals surface area (Å²) in [5.74, 6) is 0.176. The third kappa shape index (κ3) is 3.72. The fraction of sp³-hybridized carbons (Fsp3) is 0.125. The topological polar surface area (TPSA) is 95.9 Å². The van der Waals surface area contributed by atoms with Crippen molar-refractivity contribution >= 4 is 51.4 Å². The number of amides is 1. The maximum Gasteiger partial charge on any atom is 0.283 e. The van der Waals surface area contributed by atoms with Gasteiger partial charge >= 0.3 is 0 Å². The van der Waals surface area contributed by atoms with Crippen LogP contribution < -0.4 is 4.74 Å². The van der Waals surface area contributed by atoms with Gasteiger partial charge in [-0.25, -0.2) is 0 Å². The summed E-state index contributed by atoms with van der Waals surface area (Å²) in [6.07, 6.45) is 5.05. The summed E-state index contributed by atoms with van der Waals surface area (Å²) in [6, 6.07) is 11.0. The highest BCUT2D eigenvalue weighted by Gasteiger charge is 2.36. The zero-order valence-electron chi connectivity index (χ0n) is 18.5. The highest BCUT2D eigenvalue weighted by Crippen LogP contribution is 2.33. The molecule has 0 bridgehead atoms. The molecule has 0 fully saturated rings. The van der Waals surface area contributed by atoms with Gasteiger partial charge in [-0.05, 0) is 73.6 Å². The Bertz CT molecular complexity index is 1440. The predicted molar refractivity (Wildman–Crippen MR) is 135 cm³/mol. The molecule has 4 heterocycles. The molecule has 5 rings (SSSR count). The predicted octanol–water partition coefficient (Wildman–Crippen LogP) is 4.82. The summed E-state index contributed by atoms with van der Waals surface area (Å²) >= 11 is 7.49. The molecule has 0 atom stereocenters. The Morgan fingerprint density at radius 2 is 2.03 bits per heavy atom. The van der Waals surface area contributed by atoms with E-state index in [0.717, 1.165) is 28.2 Å². The zero-order valence-corrected chi connectivity index (χ0v) is 20.1. The number of halogens is 1. The summed E-state index contributed by atoms with van der Waals surface area (Å²) in [4.78, 5) is 21.2. The molecule has 1 N–H and O–H groups in total. The lowest BCUT2D eigenvalue weighted by Crippen LogP contribution is -2.35. The van der Waals surface area contributed by atoms with Crippen molar-refractivity contribution < 1.29 is 9.53 Å². The quantitative estimate of drug-likeness (QED) is 0.529. The number of nitrogens with one attached hydrogen (secondary N) is 1. The maximum atomic E-state index is 12.9. The Morgan fingerprint density at radius 1 is 1.21 bits per heavy atom. The van der Waals surface area contributed by atoms with Gasteiger partial charge in [-0.15, -0.1) is 0 Å². The minimum Gasteiger partial charge on any atom is -0.495 e. The van der Waals surface area contributed by atoms with Crippen LogP contribution in [0.25, 0.3) is 11.8 Å². The number of aliphatic imine (C=N–C) groups is 1. The Morgan fingerprint density at radius 3 is 2.76 bits per heavy atom. The number of aryl methyl sites for hydroxylation is 1. The van der Waals surface area contributed by atoms with Crippen molar-refractivity contribution in [3.63, 3.8) is 0 Å². The second-order valence-electron chi connectivity index (χ2n) is 7.64. The number of thioether (sulfide) groups is 1. The Labute approximate surface area is 205 Å². The van der Waals surface area contributed by atoms with Crippen molar-refractivity contribution in [2.45, 2.75) is 13.8 Å². The normalized spacial score (nSPS) is 16.6. The van der Waals surface area contributed by atoms with Crippen LogP contribution in [0.2, 0.25) is 5.02 Å². The molecule has 10 heteroatoms. The van der Waals surface area contributed by atoms with Gasteiger partial charge in [0.15, 0.2) is 5.84 Å². The molecule has 170 valence electrons. The van der Waals surface area contributed by atoms with E-state index in [4.69, 9.17) is 21.7 Å². The van der Waals surface area contributed by atoms with E-state index < -0.39 is 5.91 Å².